The van der Waals surface area contributed by atoms with Crippen LogP contribution in [0.15, 0.2) is 28.8 Å². The summed E-state index contributed by atoms with van der Waals surface area (Å²) in [6.07, 6.45) is 0.999. The summed E-state index contributed by atoms with van der Waals surface area (Å²) in [5, 5.41) is 23.3. The third-order valence-electron chi connectivity index (χ3n) is 2.89. The van der Waals surface area contributed by atoms with Crippen LogP contribution in [0, 0.1) is 21.4 Å². The van der Waals surface area contributed by atoms with Gasteiger partial charge < -0.3 is 4.52 Å². The zero-order chi connectivity index (χ0) is 14.5. The summed E-state index contributed by atoms with van der Waals surface area (Å²) in [5.74, 6) is 0.517. The van der Waals surface area contributed by atoms with Crippen LogP contribution in [0.2, 0.25) is 0 Å². The molecule has 102 valence electrons. The van der Waals surface area contributed by atoms with E-state index in [4.69, 9.17) is 9.78 Å². The number of nitrogens with zero attached hydrogens (tertiary/aromatic N) is 4. The van der Waals surface area contributed by atoms with Gasteiger partial charge in [-0.25, -0.2) is 0 Å². The lowest BCUT2D eigenvalue weighted by Crippen LogP contribution is -1.95. The lowest BCUT2D eigenvalue weighted by Gasteiger charge is -2.00. The molecular formula is C13H12N4O3. The van der Waals surface area contributed by atoms with Crippen molar-refractivity contribution >= 4 is 5.69 Å². The van der Waals surface area contributed by atoms with Gasteiger partial charge in [-0.05, 0) is 12.5 Å². The average Bonchev–Trinajstić information content (AvgIpc) is 2.94. The summed E-state index contributed by atoms with van der Waals surface area (Å²) in [6, 6.07) is 8.28. The molecule has 0 aliphatic rings. The van der Waals surface area contributed by atoms with Crippen LogP contribution in [-0.2, 0) is 0 Å². The normalized spacial score (nSPS) is 11.8. The van der Waals surface area contributed by atoms with Gasteiger partial charge >= 0.3 is 0 Å². The molecule has 20 heavy (non-hydrogen) atoms. The molecule has 0 fully saturated rings. The first-order chi connectivity index (χ1) is 9.63. The Morgan fingerprint density at radius 3 is 2.95 bits per heavy atom. The van der Waals surface area contributed by atoms with E-state index in [1.165, 1.54) is 6.07 Å². The van der Waals surface area contributed by atoms with Crippen molar-refractivity contribution in [2.75, 3.05) is 0 Å². The highest BCUT2D eigenvalue weighted by molar-refractivity contribution is 5.67. The molecule has 1 aromatic heterocycles. The largest absolute Gasteiger partial charge is 0.339 e. The van der Waals surface area contributed by atoms with E-state index in [2.05, 4.69) is 16.2 Å². The second-order valence-corrected chi connectivity index (χ2v) is 4.33. The maximum Gasteiger partial charge on any atom is 0.280 e. The minimum atomic E-state index is -0.482. The lowest BCUT2D eigenvalue weighted by molar-refractivity contribution is -0.384. The number of nitro benzene ring substituents is 1. The maximum atomic E-state index is 11.0. The van der Waals surface area contributed by atoms with Crippen molar-refractivity contribution < 1.29 is 9.45 Å². The third kappa shape index (κ3) is 2.80. The van der Waals surface area contributed by atoms with Crippen LogP contribution in [0.5, 0.6) is 0 Å². The van der Waals surface area contributed by atoms with E-state index in [1.807, 2.05) is 6.92 Å². The van der Waals surface area contributed by atoms with E-state index in [0.29, 0.717) is 24.3 Å². The molecule has 1 atom stereocenters. The molecular weight excluding hydrogens is 260 g/mol. The molecule has 0 aliphatic carbocycles. The summed E-state index contributed by atoms with van der Waals surface area (Å²) in [4.78, 5) is 14.7. The maximum absolute atomic E-state index is 11.0. The molecule has 0 aliphatic heterocycles. The van der Waals surface area contributed by atoms with Crippen molar-refractivity contribution in [1.82, 2.24) is 10.1 Å². The van der Waals surface area contributed by atoms with Gasteiger partial charge in [-0.15, -0.1) is 0 Å². The number of nitriles is 1. The summed E-state index contributed by atoms with van der Waals surface area (Å²) in [5.41, 5.74) is 0.254. The van der Waals surface area contributed by atoms with E-state index in [-0.39, 0.29) is 17.4 Å². The Morgan fingerprint density at radius 1 is 1.50 bits per heavy atom. The molecule has 1 aromatic carbocycles. The van der Waals surface area contributed by atoms with Crippen molar-refractivity contribution in [3.8, 4) is 17.5 Å². The second kappa shape index (κ2) is 5.93. The van der Waals surface area contributed by atoms with Gasteiger partial charge in [0.05, 0.1) is 11.0 Å². The minimum Gasteiger partial charge on any atom is -0.339 e. The van der Waals surface area contributed by atoms with Crippen LogP contribution < -0.4 is 0 Å². The number of para-hydroxylation sites is 1. The fourth-order valence-electron chi connectivity index (χ4n) is 1.77. The van der Waals surface area contributed by atoms with Crippen molar-refractivity contribution in [2.24, 2.45) is 0 Å². The van der Waals surface area contributed by atoms with Gasteiger partial charge in [-0.1, -0.05) is 24.2 Å². The number of hydrogen-bond donors (Lipinski definition) is 0. The zero-order valence-electron chi connectivity index (χ0n) is 10.8. The van der Waals surface area contributed by atoms with Gasteiger partial charge in [-0.3, -0.25) is 10.1 Å². The average molecular weight is 272 g/mol. The number of nitro groups is 1. The highest BCUT2D eigenvalue weighted by atomic mass is 16.6. The van der Waals surface area contributed by atoms with Crippen LogP contribution in [0.1, 0.15) is 31.6 Å². The summed E-state index contributed by atoms with van der Waals surface area (Å²) >= 11 is 0. The van der Waals surface area contributed by atoms with E-state index >= 15 is 0 Å². The first kappa shape index (κ1) is 13.7. The smallest absolute Gasteiger partial charge is 0.280 e. The monoisotopic (exact) mass is 272 g/mol. The van der Waals surface area contributed by atoms with Crippen molar-refractivity contribution in [1.29, 1.82) is 5.26 Å². The number of rotatable bonds is 5. The van der Waals surface area contributed by atoms with Crippen LogP contribution in [0.4, 0.5) is 5.69 Å². The first-order valence-electron chi connectivity index (χ1n) is 6.08. The van der Waals surface area contributed by atoms with Crippen LogP contribution in [0.25, 0.3) is 11.4 Å². The van der Waals surface area contributed by atoms with E-state index in [0.717, 1.165) is 0 Å². The van der Waals surface area contributed by atoms with Crippen LogP contribution in [-0.4, -0.2) is 15.1 Å². The predicted molar refractivity (Wildman–Crippen MR) is 69.7 cm³/mol. The molecule has 1 heterocycles. The Labute approximate surface area is 115 Å². The number of hydrogen-bond acceptors (Lipinski definition) is 6. The van der Waals surface area contributed by atoms with Gasteiger partial charge in [0.25, 0.3) is 5.69 Å². The van der Waals surface area contributed by atoms with E-state index in [1.54, 1.807) is 18.2 Å². The van der Waals surface area contributed by atoms with Crippen molar-refractivity contribution in [2.45, 2.75) is 25.7 Å². The Balaban J connectivity index is 2.30. The van der Waals surface area contributed by atoms with Gasteiger partial charge in [0.2, 0.25) is 11.7 Å². The molecule has 0 spiro atoms. The van der Waals surface area contributed by atoms with Gasteiger partial charge in [0.1, 0.15) is 5.56 Å². The Morgan fingerprint density at radius 2 is 2.25 bits per heavy atom. The Bertz CT molecular complexity index is 660. The highest BCUT2D eigenvalue weighted by Gasteiger charge is 2.21. The second-order valence-electron chi connectivity index (χ2n) is 4.33. The summed E-state index contributed by atoms with van der Waals surface area (Å²) < 4.78 is 5.12. The molecule has 0 bridgehead atoms. The fraction of sp³-hybridized carbons (Fsp3) is 0.308. The van der Waals surface area contributed by atoms with Gasteiger partial charge in [0.15, 0.2) is 0 Å². The minimum absolute atomic E-state index is 0.0568. The van der Waals surface area contributed by atoms with Crippen molar-refractivity contribution in [3.05, 3.63) is 40.3 Å². The third-order valence-corrected chi connectivity index (χ3v) is 2.89. The molecule has 1 unspecified atom stereocenters. The molecule has 0 radical (unpaired) electrons. The number of aromatic nitrogens is 2. The lowest BCUT2D eigenvalue weighted by atomic mass is 10.1. The molecule has 0 N–H and O–H groups in total. The van der Waals surface area contributed by atoms with Gasteiger partial charge in [0, 0.05) is 18.4 Å². The quantitative estimate of drug-likeness (QED) is 0.611. The molecule has 7 nitrogen and oxygen atoms in total. The standard InChI is InChI=1S/C13H12N4O3/c1-9(5-4-8-14)13-15-12(16-20-13)10-6-2-3-7-11(10)17(18)19/h2-3,6-7,9H,4-5H2,1H3. The summed E-state index contributed by atoms with van der Waals surface area (Å²) in [7, 11) is 0. The van der Waals surface area contributed by atoms with E-state index < -0.39 is 4.92 Å². The van der Waals surface area contributed by atoms with E-state index in [9.17, 15) is 10.1 Å². The van der Waals surface area contributed by atoms with Gasteiger partial charge in [-0.2, -0.15) is 10.2 Å². The first-order valence-corrected chi connectivity index (χ1v) is 6.08. The molecule has 0 saturated heterocycles. The Kier molecular flexibility index (Phi) is 4.05. The SMILES string of the molecule is CC(CCC#N)c1nc(-c2ccccc2[N+](=O)[O-])no1. The van der Waals surface area contributed by atoms with Crippen molar-refractivity contribution in [3.63, 3.8) is 0 Å². The molecule has 2 rings (SSSR count). The Hall–Kier alpha value is -2.75. The fourth-order valence-corrected chi connectivity index (χ4v) is 1.77. The highest BCUT2D eigenvalue weighted by Crippen LogP contribution is 2.28. The molecule has 7 heteroatoms. The molecule has 2 aromatic rings. The predicted octanol–water partition coefficient (Wildman–Crippen LogP) is 3.05. The van der Waals surface area contributed by atoms with Crippen LogP contribution >= 0.6 is 0 Å². The number of benzene rings is 1. The molecule has 0 saturated carbocycles. The summed E-state index contributed by atoms with van der Waals surface area (Å²) in [6.45, 7) is 1.87. The zero-order valence-corrected chi connectivity index (χ0v) is 10.8. The molecule has 0 amide bonds. The topological polar surface area (TPSA) is 106 Å². The van der Waals surface area contributed by atoms with Crippen LogP contribution in [0.3, 0.4) is 0 Å².